The summed E-state index contributed by atoms with van der Waals surface area (Å²) in [4.78, 5) is 12.9. The quantitative estimate of drug-likeness (QED) is 0.746. The van der Waals surface area contributed by atoms with Gasteiger partial charge in [0.1, 0.15) is 0 Å². The number of rotatable bonds is 7. The van der Waals surface area contributed by atoms with Gasteiger partial charge in [-0.05, 0) is 31.4 Å². The largest absolute Gasteiger partial charge is 0.396 e. The van der Waals surface area contributed by atoms with E-state index in [0.29, 0.717) is 12.2 Å². The summed E-state index contributed by atoms with van der Waals surface area (Å²) in [5.41, 5.74) is 1.19. The third kappa shape index (κ3) is 5.10. The molecule has 1 unspecified atom stereocenters. The Balaban J connectivity index is 2.39. The second-order valence-corrected chi connectivity index (χ2v) is 5.26. The van der Waals surface area contributed by atoms with Gasteiger partial charge in [-0.15, -0.1) is 11.8 Å². The monoisotopic (exact) mass is 267 g/mol. The molecule has 100 valence electrons. The fourth-order valence-corrected chi connectivity index (χ4v) is 2.51. The molecule has 0 spiro atoms. The van der Waals surface area contributed by atoms with E-state index in [1.54, 1.807) is 11.8 Å². The molecule has 3 nitrogen and oxygen atoms in total. The predicted octanol–water partition coefficient (Wildman–Crippen LogP) is 2.36. The first-order valence-corrected chi connectivity index (χ1v) is 7.24. The number of hydrogen-bond donors (Lipinski definition) is 2. The molecular formula is C14H21NO2S. The van der Waals surface area contributed by atoms with Crippen LogP contribution in [0.1, 0.15) is 25.3 Å². The highest BCUT2D eigenvalue weighted by Crippen LogP contribution is 2.21. The lowest BCUT2D eigenvalue weighted by Gasteiger charge is -2.15. The number of nitrogens with one attached hydrogen (secondary N) is 1. The highest BCUT2D eigenvalue weighted by Gasteiger charge is 2.10. The first-order chi connectivity index (χ1) is 8.67. The molecule has 18 heavy (non-hydrogen) atoms. The molecule has 0 aliphatic carbocycles. The zero-order chi connectivity index (χ0) is 13.4. The first-order valence-electron chi connectivity index (χ1n) is 6.26. The molecule has 0 fully saturated rings. The average molecular weight is 267 g/mol. The number of amides is 1. The number of benzene rings is 1. The molecule has 1 amide bonds. The van der Waals surface area contributed by atoms with Crippen LogP contribution in [-0.2, 0) is 4.79 Å². The molecule has 0 saturated heterocycles. The smallest absolute Gasteiger partial charge is 0.230 e. The summed E-state index contributed by atoms with van der Waals surface area (Å²) in [6, 6.07) is 8.13. The van der Waals surface area contributed by atoms with Gasteiger partial charge in [-0.25, -0.2) is 0 Å². The van der Waals surface area contributed by atoms with Gasteiger partial charge in [-0.2, -0.15) is 0 Å². The van der Waals surface area contributed by atoms with Crippen LogP contribution in [0.15, 0.2) is 29.2 Å². The molecule has 1 atom stereocenters. The molecule has 2 N–H and O–H groups in total. The lowest BCUT2D eigenvalue weighted by atomic mass is 10.1. The van der Waals surface area contributed by atoms with E-state index in [2.05, 4.69) is 5.32 Å². The minimum Gasteiger partial charge on any atom is -0.396 e. The molecule has 1 aromatic carbocycles. The van der Waals surface area contributed by atoms with E-state index in [9.17, 15) is 4.79 Å². The summed E-state index contributed by atoms with van der Waals surface area (Å²) in [6.45, 7) is 4.17. The van der Waals surface area contributed by atoms with E-state index in [-0.39, 0.29) is 18.6 Å². The van der Waals surface area contributed by atoms with Crippen molar-refractivity contribution in [3.8, 4) is 0 Å². The normalized spacial score (nSPS) is 12.2. The number of aliphatic hydroxyl groups is 1. The number of aryl methyl sites for hydroxylation is 1. The van der Waals surface area contributed by atoms with Crippen molar-refractivity contribution in [1.82, 2.24) is 5.32 Å². The van der Waals surface area contributed by atoms with Crippen LogP contribution >= 0.6 is 11.8 Å². The van der Waals surface area contributed by atoms with Crippen molar-refractivity contribution < 1.29 is 9.90 Å². The van der Waals surface area contributed by atoms with Gasteiger partial charge in [0.25, 0.3) is 0 Å². The van der Waals surface area contributed by atoms with E-state index in [4.69, 9.17) is 5.11 Å². The molecule has 1 aromatic rings. The molecule has 0 aromatic heterocycles. The van der Waals surface area contributed by atoms with Crippen LogP contribution in [0.25, 0.3) is 0 Å². The first kappa shape index (κ1) is 15.1. The van der Waals surface area contributed by atoms with Crippen molar-refractivity contribution in [2.45, 2.75) is 37.6 Å². The summed E-state index contributed by atoms with van der Waals surface area (Å²) in [7, 11) is 0. The van der Waals surface area contributed by atoms with Gasteiger partial charge < -0.3 is 10.4 Å². The molecule has 0 saturated carbocycles. The van der Waals surface area contributed by atoms with Gasteiger partial charge in [-0.3, -0.25) is 4.79 Å². The average Bonchev–Trinajstić information content (AvgIpc) is 2.37. The Morgan fingerprint density at radius 1 is 1.44 bits per heavy atom. The molecule has 0 bridgehead atoms. The van der Waals surface area contributed by atoms with Crippen molar-refractivity contribution >= 4 is 17.7 Å². The standard InChI is InChI=1S/C14H21NO2S/c1-3-12(8-9-16)15-14(17)10-18-13-7-5-4-6-11(13)2/h4-7,12,16H,3,8-10H2,1-2H3,(H,15,17). The van der Waals surface area contributed by atoms with E-state index in [0.717, 1.165) is 11.3 Å². The topological polar surface area (TPSA) is 49.3 Å². The van der Waals surface area contributed by atoms with Crippen molar-refractivity contribution in [1.29, 1.82) is 0 Å². The molecule has 0 heterocycles. The number of carbonyl (C=O) groups is 1. The van der Waals surface area contributed by atoms with Crippen molar-refractivity contribution in [3.63, 3.8) is 0 Å². The molecule has 0 radical (unpaired) electrons. The van der Waals surface area contributed by atoms with E-state index < -0.39 is 0 Å². The summed E-state index contributed by atoms with van der Waals surface area (Å²) in [5, 5.41) is 11.8. The van der Waals surface area contributed by atoms with Gasteiger partial charge in [0.15, 0.2) is 0 Å². The third-order valence-electron chi connectivity index (χ3n) is 2.79. The molecule has 1 rings (SSSR count). The van der Waals surface area contributed by atoms with Crippen LogP contribution in [0, 0.1) is 6.92 Å². The minimum absolute atomic E-state index is 0.0311. The minimum atomic E-state index is 0.0311. The second-order valence-electron chi connectivity index (χ2n) is 4.24. The van der Waals surface area contributed by atoms with Crippen LogP contribution in [-0.4, -0.2) is 29.4 Å². The summed E-state index contributed by atoms with van der Waals surface area (Å²) >= 11 is 1.55. The zero-order valence-corrected chi connectivity index (χ0v) is 11.8. The highest BCUT2D eigenvalue weighted by molar-refractivity contribution is 8.00. The van der Waals surface area contributed by atoms with Crippen LogP contribution in [0.2, 0.25) is 0 Å². The fraction of sp³-hybridized carbons (Fsp3) is 0.500. The maximum absolute atomic E-state index is 11.8. The second kappa shape index (κ2) is 8.16. The van der Waals surface area contributed by atoms with Crippen LogP contribution in [0.5, 0.6) is 0 Å². The molecular weight excluding hydrogens is 246 g/mol. The summed E-state index contributed by atoms with van der Waals surface area (Å²) in [5.74, 6) is 0.454. The Hall–Kier alpha value is -1.00. The number of hydrogen-bond acceptors (Lipinski definition) is 3. The van der Waals surface area contributed by atoms with Gasteiger partial charge in [-0.1, -0.05) is 25.1 Å². The van der Waals surface area contributed by atoms with Crippen molar-refractivity contribution in [2.24, 2.45) is 0 Å². The van der Waals surface area contributed by atoms with E-state index in [1.165, 1.54) is 5.56 Å². The fourth-order valence-electron chi connectivity index (χ4n) is 1.67. The maximum Gasteiger partial charge on any atom is 0.230 e. The SMILES string of the molecule is CCC(CCO)NC(=O)CSc1ccccc1C. The molecule has 4 heteroatoms. The summed E-state index contributed by atoms with van der Waals surface area (Å²) in [6.07, 6.45) is 1.47. The van der Waals surface area contributed by atoms with E-state index >= 15 is 0 Å². The number of aliphatic hydroxyl groups excluding tert-OH is 1. The van der Waals surface area contributed by atoms with Gasteiger partial charge in [0.2, 0.25) is 5.91 Å². The van der Waals surface area contributed by atoms with Crippen LogP contribution in [0.4, 0.5) is 0 Å². The Labute approximate surface area is 113 Å². The molecule has 0 aliphatic rings. The van der Waals surface area contributed by atoms with Gasteiger partial charge in [0.05, 0.1) is 5.75 Å². The highest BCUT2D eigenvalue weighted by atomic mass is 32.2. The maximum atomic E-state index is 11.8. The van der Waals surface area contributed by atoms with Crippen LogP contribution in [0.3, 0.4) is 0 Å². The Kier molecular flexibility index (Phi) is 6.83. The predicted molar refractivity (Wildman–Crippen MR) is 75.8 cm³/mol. The Morgan fingerprint density at radius 3 is 2.78 bits per heavy atom. The van der Waals surface area contributed by atoms with Gasteiger partial charge in [0, 0.05) is 17.5 Å². The van der Waals surface area contributed by atoms with Gasteiger partial charge >= 0.3 is 0 Å². The third-order valence-corrected chi connectivity index (χ3v) is 3.96. The Morgan fingerprint density at radius 2 is 2.17 bits per heavy atom. The number of carbonyl (C=O) groups excluding carboxylic acids is 1. The lowest BCUT2D eigenvalue weighted by Crippen LogP contribution is -2.36. The van der Waals surface area contributed by atoms with Crippen molar-refractivity contribution in [3.05, 3.63) is 29.8 Å². The number of thioether (sulfide) groups is 1. The lowest BCUT2D eigenvalue weighted by molar-refractivity contribution is -0.119. The Bertz CT molecular complexity index is 382. The van der Waals surface area contributed by atoms with Crippen molar-refractivity contribution in [2.75, 3.05) is 12.4 Å². The van der Waals surface area contributed by atoms with E-state index in [1.807, 2.05) is 38.1 Å². The molecule has 0 aliphatic heterocycles. The van der Waals surface area contributed by atoms with Crippen LogP contribution < -0.4 is 5.32 Å². The summed E-state index contributed by atoms with van der Waals surface area (Å²) < 4.78 is 0. The zero-order valence-electron chi connectivity index (χ0n) is 11.0.